The number of aromatic nitrogens is 2. The molecule has 1 heterocycles. The van der Waals surface area contributed by atoms with Gasteiger partial charge in [0.05, 0.1) is 0 Å². The van der Waals surface area contributed by atoms with E-state index in [0.717, 1.165) is 20.9 Å². The van der Waals surface area contributed by atoms with Crippen molar-refractivity contribution in [3.8, 4) is 5.75 Å². The third kappa shape index (κ3) is 4.74. The fraction of sp³-hybridized carbons (Fsp3) is 0.316. The molecule has 3 aromatic rings. The van der Waals surface area contributed by atoms with Gasteiger partial charge < -0.3 is 4.74 Å². The van der Waals surface area contributed by atoms with Crippen molar-refractivity contribution in [3.63, 3.8) is 0 Å². The van der Waals surface area contributed by atoms with Crippen molar-refractivity contribution in [2.75, 3.05) is 11.1 Å². The van der Waals surface area contributed by atoms with Crippen molar-refractivity contribution in [1.29, 1.82) is 0 Å². The number of thioether (sulfide) groups is 1. The van der Waals surface area contributed by atoms with Gasteiger partial charge in [0, 0.05) is 11.1 Å². The first kappa shape index (κ1) is 18.7. The van der Waals surface area contributed by atoms with Crippen molar-refractivity contribution in [2.24, 2.45) is 5.92 Å². The summed E-state index contributed by atoms with van der Waals surface area (Å²) in [5.41, 5.74) is 0. The van der Waals surface area contributed by atoms with E-state index < -0.39 is 6.10 Å². The molecule has 0 radical (unpaired) electrons. The highest BCUT2D eigenvalue weighted by molar-refractivity contribution is 8.01. The van der Waals surface area contributed by atoms with Crippen LogP contribution in [0.4, 0.5) is 5.13 Å². The molecule has 3 rings (SSSR count). The minimum Gasteiger partial charge on any atom is -0.480 e. The Morgan fingerprint density at radius 1 is 1.15 bits per heavy atom. The number of anilines is 1. The lowest BCUT2D eigenvalue weighted by Crippen LogP contribution is -2.30. The number of nitrogens with one attached hydrogen (secondary N) is 1. The molecule has 1 N–H and O–H groups in total. The lowest BCUT2D eigenvalue weighted by atomic mass is 10.1. The molecular weight excluding hydrogens is 366 g/mol. The first-order valence-electron chi connectivity index (χ1n) is 8.44. The van der Waals surface area contributed by atoms with Crippen molar-refractivity contribution in [2.45, 2.75) is 31.2 Å². The van der Waals surface area contributed by atoms with Crippen LogP contribution in [0.2, 0.25) is 0 Å². The zero-order valence-electron chi connectivity index (χ0n) is 14.9. The van der Waals surface area contributed by atoms with Crippen LogP contribution in [0.25, 0.3) is 10.8 Å². The van der Waals surface area contributed by atoms with Crippen molar-refractivity contribution in [3.05, 3.63) is 42.5 Å². The first-order valence-corrected chi connectivity index (χ1v) is 10.2. The van der Waals surface area contributed by atoms with Gasteiger partial charge in [-0.2, -0.15) is 0 Å². The molecule has 7 heteroatoms. The Bertz CT molecular complexity index is 890. The van der Waals surface area contributed by atoms with Gasteiger partial charge in [0.1, 0.15) is 5.75 Å². The second-order valence-electron chi connectivity index (χ2n) is 6.30. The lowest BCUT2D eigenvalue weighted by molar-refractivity contribution is -0.122. The Balaban J connectivity index is 1.63. The van der Waals surface area contributed by atoms with Crippen molar-refractivity contribution < 1.29 is 9.53 Å². The van der Waals surface area contributed by atoms with Crippen LogP contribution in [-0.4, -0.2) is 28.0 Å². The second kappa shape index (κ2) is 8.51. The zero-order chi connectivity index (χ0) is 18.5. The van der Waals surface area contributed by atoms with Crippen LogP contribution in [0.15, 0.2) is 46.8 Å². The molecule has 1 amide bonds. The Hall–Kier alpha value is -2.12. The predicted octanol–water partition coefficient (Wildman–Crippen LogP) is 4.85. The molecule has 0 spiro atoms. The van der Waals surface area contributed by atoms with Gasteiger partial charge in [-0.05, 0) is 24.3 Å². The topological polar surface area (TPSA) is 64.1 Å². The average Bonchev–Trinajstić information content (AvgIpc) is 3.07. The highest BCUT2D eigenvalue weighted by Crippen LogP contribution is 2.28. The molecule has 0 fully saturated rings. The van der Waals surface area contributed by atoms with Gasteiger partial charge in [-0.15, -0.1) is 10.2 Å². The summed E-state index contributed by atoms with van der Waals surface area (Å²) >= 11 is 3.03. The maximum Gasteiger partial charge on any atom is 0.266 e. The molecule has 0 aliphatic carbocycles. The van der Waals surface area contributed by atoms with Crippen LogP contribution in [0.1, 0.15) is 20.8 Å². The molecule has 1 aromatic heterocycles. The van der Waals surface area contributed by atoms with Gasteiger partial charge in [0.15, 0.2) is 10.4 Å². The number of hydrogen-bond acceptors (Lipinski definition) is 6. The highest BCUT2D eigenvalue weighted by Gasteiger charge is 2.18. The van der Waals surface area contributed by atoms with E-state index in [1.807, 2.05) is 42.5 Å². The molecule has 1 atom stereocenters. The predicted molar refractivity (Wildman–Crippen MR) is 108 cm³/mol. The molecule has 136 valence electrons. The van der Waals surface area contributed by atoms with E-state index in [4.69, 9.17) is 4.74 Å². The van der Waals surface area contributed by atoms with Crippen LogP contribution in [0, 0.1) is 5.92 Å². The SMILES string of the molecule is CC(C)CSc1nnc(NC(=O)[C@@H](C)Oc2cccc3ccccc23)s1. The Morgan fingerprint density at radius 3 is 2.73 bits per heavy atom. The average molecular weight is 388 g/mol. The monoisotopic (exact) mass is 387 g/mol. The Kier molecular flexibility index (Phi) is 6.11. The third-order valence-corrected chi connectivity index (χ3v) is 6.00. The van der Waals surface area contributed by atoms with Gasteiger partial charge >= 0.3 is 0 Å². The van der Waals surface area contributed by atoms with E-state index in [1.165, 1.54) is 11.3 Å². The Labute approximate surface area is 161 Å². The van der Waals surface area contributed by atoms with Crippen LogP contribution in [-0.2, 0) is 4.79 Å². The van der Waals surface area contributed by atoms with E-state index in [-0.39, 0.29) is 5.91 Å². The minimum atomic E-state index is -0.642. The summed E-state index contributed by atoms with van der Waals surface area (Å²) in [6.45, 7) is 6.04. The van der Waals surface area contributed by atoms with Crippen LogP contribution >= 0.6 is 23.1 Å². The number of carbonyl (C=O) groups excluding carboxylic acids is 1. The van der Waals surface area contributed by atoms with Gasteiger partial charge in [-0.1, -0.05) is 73.3 Å². The smallest absolute Gasteiger partial charge is 0.266 e. The molecule has 0 saturated heterocycles. The summed E-state index contributed by atoms with van der Waals surface area (Å²) in [7, 11) is 0. The largest absolute Gasteiger partial charge is 0.480 e. The fourth-order valence-electron chi connectivity index (χ4n) is 2.31. The molecule has 5 nitrogen and oxygen atoms in total. The summed E-state index contributed by atoms with van der Waals surface area (Å²) < 4.78 is 6.74. The number of amides is 1. The van der Waals surface area contributed by atoms with Crippen molar-refractivity contribution >= 4 is 44.9 Å². The standard InChI is InChI=1S/C19H21N3O2S2/c1-12(2)11-25-19-22-21-18(26-19)20-17(23)13(3)24-16-10-6-8-14-7-4-5-9-15(14)16/h4-10,12-13H,11H2,1-3H3,(H,20,21,23)/t13-/m1/s1. The number of nitrogens with zero attached hydrogens (tertiary/aromatic N) is 2. The maximum absolute atomic E-state index is 12.4. The summed E-state index contributed by atoms with van der Waals surface area (Å²) in [4.78, 5) is 12.4. The molecule has 0 unspecified atom stereocenters. The zero-order valence-corrected chi connectivity index (χ0v) is 16.6. The molecule has 0 aliphatic heterocycles. The van der Waals surface area contributed by atoms with Crippen LogP contribution < -0.4 is 10.1 Å². The van der Waals surface area contributed by atoms with E-state index in [0.29, 0.717) is 16.8 Å². The Morgan fingerprint density at radius 2 is 1.92 bits per heavy atom. The number of hydrogen-bond donors (Lipinski definition) is 1. The molecular formula is C19H21N3O2S2. The number of ether oxygens (including phenoxy) is 1. The third-order valence-electron chi connectivity index (χ3n) is 3.60. The fourth-order valence-corrected chi connectivity index (χ4v) is 4.04. The minimum absolute atomic E-state index is 0.241. The van der Waals surface area contributed by atoms with E-state index in [1.54, 1.807) is 18.7 Å². The molecule has 0 saturated carbocycles. The number of rotatable bonds is 7. The van der Waals surface area contributed by atoms with Crippen molar-refractivity contribution in [1.82, 2.24) is 10.2 Å². The quantitative estimate of drug-likeness (QED) is 0.464. The number of benzene rings is 2. The summed E-state index contributed by atoms with van der Waals surface area (Å²) in [6.07, 6.45) is -0.642. The lowest BCUT2D eigenvalue weighted by Gasteiger charge is -2.15. The first-order chi connectivity index (χ1) is 12.5. The summed E-state index contributed by atoms with van der Waals surface area (Å²) in [6, 6.07) is 13.8. The van der Waals surface area contributed by atoms with Crippen LogP contribution in [0.5, 0.6) is 5.75 Å². The normalized spacial score (nSPS) is 12.3. The second-order valence-corrected chi connectivity index (χ2v) is 8.55. The van der Waals surface area contributed by atoms with Crippen LogP contribution in [0.3, 0.4) is 0 Å². The van der Waals surface area contributed by atoms with Gasteiger partial charge in [-0.25, -0.2) is 0 Å². The highest BCUT2D eigenvalue weighted by atomic mass is 32.2. The molecule has 2 aromatic carbocycles. The molecule has 26 heavy (non-hydrogen) atoms. The molecule has 0 bridgehead atoms. The van der Waals surface area contributed by atoms with Gasteiger partial charge in [0.2, 0.25) is 5.13 Å². The summed E-state index contributed by atoms with van der Waals surface area (Å²) in [5.74, 6) is 2.00. The number of fused-ring (bicyclic) bond motifs is 1. The van der Waals surface area contributed by atoms with E-state index in [2.05, 4.69) is 29.4 Å². The maximum atomic E-state index is 12.4. The molecule has 0 aliphatic rings. The van der Waals surface area contributed by atoms with E-state index in [9.17, 15) is 4.79 Å². The summed E-state index contributed by atoms with van der Waals surface area (Å²) in [5, 5.41) is 13.5. The number of carbonyl (C=O) groups is 1. The van der Waals surface area contributed by atoms with Gasteiger partial charge in [-0.3, -0.25) is 10.1 Å². The van der Waals surface area contributed by atoms with Gasteiger partial charge in [0.25, 0.3) is 5.91 Å². The van der Waals surface area contributed by atoms with E-state index >= 15 is 0 Å².